The highest BCUT2D eigenvalue weighted by Gasteiger charge is 2.11. The first-order chi connectivity index (χ1) is 4.77. The summed E-state index contributed by atoms with van der Waals surface area (Å²) in [6.45, 7) is 5.82. The van der Waals surface area contributed by atoms with Gasteiger partial charge in [0.15, 0.2) is 0 Å². The van der Waals surface area contributed by atoms with Crippen LogP contribution < -0.4 is 0 Å². The predicted octanol–water partition coefficient (Wildman–Crippen LogP) is 2.33. The minimum absolute atomic E-state index is 0.0174. The van der Waals surface area contributed by atoms with Gasteiger partial charge in [0.25, 0.3) is 0 Å². The molecule has 0 aromatic carbocycles. The molecule has 1 atom stereocenters. The Morgan fingerprint density at radius 3 is 3.00 bits per heavy atom. The molecule has 0 aliphatic carbocycles. The Labute approximate surface area is 61.5 Å². The molecule has 1 aliphatic heterocycles. The number of nitrogens with zero attached hydrogens (tertiary/aromatic N) is 1. The van der Waals surface area contributed by atoms with Crippen molar-refractivity contribution < 1.29 is 0 Å². The summed E-state index contributed by atoms with van der Waals surface area (Å²) in [5.74, 6) is 0. The van der Waals surface area contributed by atoms with E-state index >= 15 is 0 Å². The topological polar surface area (TPSA) is 12.4 Å². The molecule has 0 bridgehead atoms. The van der Waals surface area contributed by atoms with E-state index in [1.54, 1.807) is 12.4 Å². The molecule has 1 unspecified atom stereocenters. The van der Waals surface area contributed by atoms with Crippen LogP contribution in [0, 0.1) is 5.41 Å². The van der Waals surface area contributed by atoms with Crippen molar-refractivity contribution in [1.82, 2.24) is 0 Å². The summed E-state index contributed by atoms with van der Waals surface area (Å²) >= 11 is 0. The Kier molecular flexibility index (Phi) is 1.86. The molecule has 0 aromatic rings. The molecule has 0 amide bonds. The lowest BCUT2D eigenvalue weighted by atomic mass is 9.91. The fourth-order valence-electron chi connectivity index (χ4n) is 0.745. The van der Waals surface area contributed by atoms with Crippen LogP contribution in [0.5, 0.6) is 0 Å². The van der Waals surface area contributed by atoms with Gasteiger partial charge in [0.1, 0.15) is 0 Å². The molecule has 52 valence electrons. The largest absolute Gasteiger partial charge is 0.265 e. The number of aliphatic imine (C=N–C) groups is 1. The van der Waals surface area contributed by atoms with Crippen molar-refractivity contribution in [2.75, 3.05) is 0 Å². The number of hydrogen-bond donors (Lipinski definition) is 0. The highest BCUT2D eigenvalue weighted by Crippen LogP contribution is 2.22. The summed E-state index contributed by atoms with van der Waals surface area (Å²) < 4.78 is 0. The Balaban J connectivity index is 2.90. The zero-order valence-electron chi connectivity index (χ0n) is 6.12. The first-order valence-corrected chi connectivity index (χ1v) is 3.29. The molecule has 0 radical (unpaired) electrons. The van der Waals surface area contributed by atoms with E-state index in [4.69, 9.17) is 0 Å². The van der Waals surface area contributed by atoms with Crippen LogP contribution in [0.4, 0.5) is 0 Å². The van der Waals surface area contributed by atoms with Crippen LogP contribution in [-0.4, -0.2) is 6.21 Å². The molecule has 0 N–H and O–H groups in total. The third kappa shape index (κ3) is 1.44. The second kappa shape index (κ2) is 2.65. The standard InChI is InChI=1S/C9H11N/c1-3-9(2)5-4-7-10-8-6-9/h3-8H,1H2,2H3. The van der Waals surface area contributed by atoms with Crippen LogP contribution in [0.3, 0.4) is 0 Å². The molecule has 0 aromatic heterocycles. The van der Waals surface area contributed by atoms with Crippen LogP contribution in [0.2, 0.25) is 0 Å². The Morgan fingerprint density at radius 2 is 2.30 bits per heavy atom. The van der Waals surface area contributed by atoms with Gasteiger partial charge in [-0.3, -0.25) is 4.99 Å². The Bertz CT molecular complexity index is 193. The SMILES string of the molecule is C=CC1(C)C=CC=NC=C1. The highest BCUT2D eigenvalue weighted by atomic mass is 14.7. The molecule has 10 heavy (non-hydrogen) atoms. The van der Waals surface area contributed by atoms with Gasteiger partial charge in [-0.25, -0.2) is 0 Å². The van der Waals surface area contributed by atoms with Gasteiger partial charge in [-0.1, -0.05) is 18.2 Å². The van der Waals surface area contributed by atoms with Crippen molar-refractivity contribution in [3.63, 3.8) is 0 Å². The van der Waals surface area contributed by atoms with Crippen molar-refractivity contribution in [2.45, 2.75) is 6.92 Å². The van der Waals surface area contributed by atoms with Crippen molar-refractivity contribution in [1.29, 1.82) is 0 Å². The van der Waals surface area contributed by atoms with Crippen LogP contribution in [0.15, 0.2) is 42.1 Å². The molecule has 1 heteroatoms. The van der Waals surface area contributed by atoms with Crippen LogP contribution in [0.1, 0.15) is 6.92 Å². The number of hydrogen-bond acceptors (Lipinski definition) is 1. The van der Waals surface area contributed by atoms with Crippen molar-refractivity contribution >= 4 is 6.21 Å². The maximum Gasteiger partial charge on any atom is 0.0264 e. The summed E-state index contributed by atoms with van der Waals surface area (Å²) in [5, 5.41) is 0. The van der Waals surface area contributed by atoms with Gasteiger partial charge < -0.3 is 0 Å². The average molecular weight is 133 g/mol. The molecular formula is C9H11N. The smallest absolute Gasteiger partial charge is 0.0264 e. The van der Waals surface area contributed by atoms with E-state index in [9.17, 15) is 0 Å². The second-order valence-corrected chi connectivity index (χ2v) is 2.54. The molecule has 0 saturated carbocycles. The summed E-state index contributed by atoms with van der Waals surface area (Å²) in [7, 11) is 0. The maximum absolute atomic E-state index is 3.97. The van der Waals surface area contributed by atoms with Gasteiger partial charge in [0.05, 0.1) is 0 Å². The monoisotopic (exact) mass is 133 g/mol. The molecule has 1 rings (SSSR count). The van der Waals surface area contributed by atoms with E-state index in [2.05, 4.69) is 24.6 Å². The van der Waals surface area contributed by atoms with Crippen LogP contribution in [0.25, 0.3) is 0 Å². The van der Waals surface area contributed by atoms with E-state index in [1.807, 2.05) is 18.2 Å². The van der Waals surface area contributed by atoms with Gasteiger partial charge >= 0.3 is 0 Å². The van der Waals surface area contributed by atoms with E-state index in [1.165, 1.54) is 0 Å². The third-order valence-electron chi connectivity index (χ3n) is 1.59. The molecular weight excluding hydrogens is 122 g/mol. The lowest BCUT2D eigenvalue weighted by Crippen LogP contribution is -2.02. The van der Waals surface area contributed by atoms with E-state index < -0.39 is 0 Å². The van der Waals surface area contributed by atoms with E-state index in [-0.39, 0.29) is 5.41 Å². The zero-order chi connectivity index (χ0) is 7.45. The summed E-state index contributed by atoms with van der Waals surface area (Å²) in [4.78, 5) is 3.97. The van der Waals surface area contributed by atoms with Gasteiger partial charge in [0, 0.05) is 17.8 Å². The lowest BCUT2D eigenvalue weighted by molar-refractivity contribution is 0.719. The number of allylic oxidation sites excluding steroid dienone is 4. The zero-order valence-corrected chi connectivity index (χ0v) is 6.12. The third-order valence-corrected chi connectivity index (χ3v) is 1.59. The van der Waals surface area contributed by atoms with Gasteiger partial charge in [0.2, 0.25) is 0 Å². The van der Waals surface area contributed by atoms with Crippen molar-refractivity contribution in [2.24, 2.45) is 10.4 Å². The van der Waals surface area contributed by atoms with Gasteiger partial charge in [-0.15, -0.1) is 6.58 Å². The fourth-order valence-corrected chi connectivity index (χ4v) is 0.745. The summed E-state index contributed by atoms with van der Waals surface area (Å²) in [6.07, 6.45) is 11.5. The van der Waals surface area contributed by atoms with Crippen molar-refractivity contribution in [3.8, 4) is 0 Å². The molecule has 0 saturated heterocycles. The Morgan fingerprint density at radius 1 is 1.50 bits per heavy atom. The minimum atomic E-state index is -0.0174. The molecule has 1 nitrogen and oxygen atoms in total. The van der Waals surface area contributed by atoms with E-state index in [0.29, 0.717) is 0 Å². The minimum Gasteiger partial charge on any atom is -0.265 e. The molecule has 0 fully saturated rings. The quantitative estimate of drug-likeness (QED) is 0.487. The van der Waals surface area contributed by atoms with E-state index in [0.717, 1.165) is 0 Å². The number of rotatable bonds is 1. The lowest BCUT2D eigenvalue weighted by Gasteiger charge is -2.13. The second-order valence-electron chi connectivity index (χ2n) is 2.54. The van der Waals surface area contributed by atoms with Gasteiger partial charge in [-0.05, 0) is 13.0 Å². The van der Waals surface area contributed by atoms with Gasteiger partial charge in [-0.2, -0.15) is 0 Å². The predicted molar refractivity (Wildman–Crippen MR) is 45.1 cm³/mol. The first kappa shape index (κ1) is 7.00. The summed E-state index contributed by atoms with van der Waals surface area (Å²) in [6, 6.07) is 0. The molecule has 1 heterocycles. The normalized spacial score (nSPS) is 30.1. The fraction of sp³-hybridized carbons (Fsp3) is 0.222. The average Bonchev–Trinajstić information content (AvgIpc) is 2.15. The summed E-state index contributed by atoms with van der Waals surface area (Å²) in [5.41, 5.74) is -0.0174. The highest BCUT2D eigenvalue weighted by molar-refractivity contribution is 5.72. The Hall–Kier alpha value is -1.11. The molecule has 1 aliphatic rings. The van der Waals surface area contributed by atoms with Crippen molar-refractivity contribution in [3.05, 3.63) is 37.1 Å². The first-order valence-electron chi connectivity index (χ1n) is 3.29. The maximum atomic E-state index is 3.97. The van der Waals surface area contributed by atoms with Crippen LogP contribution >= 0.6 is 0 Å². The van der Waals surface area contributed by atoms with Crippen LogP contribution in [-0.2, 0) is 0 Å². The molecule has 0 spiro atoms.